The van der Waals surface area contributed by atoms with Crippen molar-refractivity contribution in [3.8, 4) is 5.75 Å². The quantitative estimate of drug-likeness (QED) is 0.756. The van der Waals surface area contributed by atoms with Crippen molar-refractivity contribution in [2.24, 2.45) is 5.92 Å². The van der Waals surface area contributed by atoms with Crippen molar-refractivity contribution in [1.82, 2.24) is 10.2 Å². The molecule has 154 valence electrons. The van der Waals surface area contributed by atoms with Gasteiger partial charge >= 0.3 is 0 Å². The highest BCUT2D eigenvalue weighted by atomic mass is 35.5. The van der Waals surface area contributed by atoms with Gasteiger partial charge in [-0.05, 0) is 44.7 Å². The summed E-state index contributed by atoms with van der Waals surface area (Å²) in [4.78, 5) is 27.1. The van der Waals surface area contributed by atoms with Crippen LogP contribution in [-0.2, 0) is 9.59 Å². The van der Waals surface area contributed by atoms with Crippen LogP contribution in [0.15, 0.2) is 18.2 Å². The van der Waals surface area contributed by atoms with Gasteiger partial charge in [0.1, 0.15) is 10.8 Å². The van der Waals surface area contributed by atoms with Crippen molar-refractivity contribution in [3.05, 3.63) is 28.2 Å². The second kappa shape index (κ2) is 9.84. The number of piperidine rings is 1. The average molecular weight is 427 g/mol. The summed E-state index contributed by atoms with van der Waals surface area (Å²) in [5.41, 5.74) is 0. The predicted molar refractivity (Wildman–Crippen MR) is 111 cm³/mol. The Morgan fingerprint density at radius 1 is 1.11 bits per heavy atom. The van der Waals surface area contributed by atoms with E-state index in [4.69, 9.17) is 27.9 Å². The van der Waals surface area contributed by atoms with Gasteiger partial charge in [-0.2, -0.15) is 0 Å². The van der Waals surface area contributed by atoms with Crippen molar-refractivity contribution in [3.63, 3.8) is 0 Å². The van der Waals surface area contributed by atoms with Gasteiger partial charge in [-0.3, -0.25) is 9.59 Å². The maximum atomic E-state index is 12.6. The number of likely N-dealkylation sites (tertiary alicyclic amines) is 1. The van der Waals surface area contributed by atoms with E-state index < -0.39 is 6.10 Å². The molecule has 1 aliphatic carbocycles. The second-order valence-corrected chi connectivity index (χ2v) is 8.54. The molecule has 1 saturated heterocycles. The fourth-order valence-corrected chi connectivity index (χ4v) is 4.33. The number of carbonyl (C=O) groups is 2. The van der Waals surface area contributed by atoms with E-state index in [1.165, 1.54) is 6.42 Å². The van der Waals surface area contributed by atoms with Gasteiger partial charge in [-0.25, -0.2) is 0 Å². The highest BCUT2D eigenvalue weighted by Crippen LogP contribution is 2.32. The Morgan fingerprint density at radius 3 is 2.46 bits per heavy atom. The summed E-state index contributed by atoms with van der Waals surface area (Å²) < 4.78 is 5.68. The molecule has 2 fully saturated rings. The third-order valence-corrected chi connectivity index (χ3v) is 6.50. The molecule has 1 heterocycles. The predicted octanol–water partition coefficient (Wildman–Crippen LogP) is 4.45. The van der Waals surface area contributed by atoms with E-state index in [-0.39, 0.29) is 17.9 Å². The number of hydrogen-bond acceptors (Lipinski definition) is 3. The zero-order valence-corrected chi connectivity index (χ0v) is 17.8. The van der Waals surface area contributed by atoms with E-state index in [0.717, 1.165) is 38.5 Å². The van der Waals surface area contributed by atoms with Crippen molar-refractivity contribution in [2.75, 3.05) is 13.1 Å². The lowest BCUT2D eigenvalue weighted by atomic mass is 9.87. The zero-order chi connectivity index (χ0) is 20.1. The number of benzene rings is 1. The van der Waals surface area contributed by atoms with Crippen molar-refractivity contribution >= 4 is 35.0 Å². The first-order valence-corrected chi connectivity index (χ1v) is 10.9. The first kappa shape index (κ1) is 21.3. The van der Waals surface area contributed by atoms with E-state index in [1.54, 1.807) is 25.1 Å². The highest BCUT2D eigenvalue weighted by molar-refractivity contribution is 6.42. The maximum Gasteiger partial charge on any atom is 0.260 e. The summed E-state index contributed by atoms with van der Waals surface area (Å²) in [7, 11) is 0. The van der Waals surface area contributed by atoms with Gasteiger partial charge in [-0.15, -0.1) is 0 Å². The SMILES string of the molecule is CC(Oc1cccc(Cl)c1Cl)C(=O)NC1CCN(C(=O)C2CCCCC2)CC1. The minimum Gasteiger partial charge on any atom is -0.479 e. The number of halogens is 2. The molecule has 1 N–H and O–H groups in total. The molecule has 5 nitrogen and oxygen atoms in total. The molecule has 2 amide bonds. The van der Waals surface area contributed by atoms with Crippen LogP contribution in [0.4, 0.5) is 0 Å². The Morgan fingerprint density at radius 2 is 1.79 bits per heavy atom. The van der Waals surface area contributed by atoms with E-state index in [9.17, 15) is 9.59 Å². The number of hydrogen-bond donors (Lipinski definition) is 1. The summed E-state index contributed by atoms with van der Waals surface area (Å²) in [5, 5.41) is 3.73. The smallest absolute Gasteiger partial charge is 0.260 e. The molecule has 1 saturated carbocycles. The summed E-state index contributed by atoms with van der Waals surface area (Å²) in [5.74, 6) is 0.713. The van der Waals surface area contributed by atoms with Gasteiger partial charge < -0.3 is 15.0 Å². The topological polar surface area (TPSA) is 58.6 Å². The summed E-state index contributed by atoms with van der Waals surface area (Å²) in [6.45, 7) is 3.10. The lowest BCUT2D eigenvalue weighted by Gasteiger charge is -2.35. The molecule has 0 spiro atoms. The molecule has 1 aliphatic heterocycles. The highest BCUT2D eigenvalue weighted by Gasteiger charge is 2.30. The molecule has 2 aliphatic rings. The van der Waals surface area contributed by atoms with E-state index >= 15 is 0 Å². The fourth-order valence-electron chi connectivity index (χ4n) is 3.99. The molecule has 1 aromatic carbocycles. The third kappa shape index (κ3) is 5.32. The fraction of sp³-hybridized carbons (Fsp3) is 0.619. The Kier molecular flexibility index (Phi) is 7.47. The van der Waals surface area contributed by atoms with Gasteiger partial charge in [0.2, 0.25) is 5.91 Å². The molecule has 7 heteroatoms. The molecular weight excluding hydrogens is 399 g/mol. The Labute approximate surface area is 176 Å². The van der Waals surface area contributed by atoms with E-state index in [2.05, 4.69) is 5.32 Å². The number of ether oxygens (including phenoxy) is 1. The van der Waals surface area contributed by atoms with Crippen LogP contribution in [-0.4, -0.2) is 41.9 Å². The minimum atomic E-state index is -0.683. The van der Waals surface area contributed by atoms with Gasteiger partial charge in [0.15, 0.2) is 6.10 Å². The lowest BCUT2D eigenvalue weighted by molar-refractivity contribution is -0.137. The van der Waals surface area contributed by atoms with Crippen molar-refractivity contribution in [1.29, 1.82) is 0 Å². The molecular formula is C21H28Cl2N2O3. The molecule has 1 aromatic rings. The van der Waals surface area contributed by atoms with Crippen LogP contribution in [0.3, 0.4) is 0 Å². The van der Waals surface area contributed by atoms with Crippen LogP contribution in [0.5, 0.6) is 5.75 Å². The van der Waals surface area contributed by atoms with Gasteiger partial charge in [0.25, 0.3) is 5.91 Å². The minimum absolute atomic E-state index is 0.0591. The molecule has 3 rings (SSSR count). The van der Waals surface area contributed by atoms with Gasteiger partial charge in [-0.1, -0.05) is 48.5 Å². The van der Waals surface area contributed by atoms with Crippen LogP contribution < -0.4 is 10.1 Å². The monoisotopic (exact) mass is 426 g/mol. The second-order valence-electron chi connectivity index (χ2n) is 7.76. The number of nitrogens with zero attached hydrogens (tertiary/aromatic N) is 1. The third-order valence-electron chi connectivity index (χ3n) is 5.70. The number of amides is 2. The maximum absolute atomic E-state index is 12.6. The summed E-state index contributed by atoms with van der Waals surface area (Å²) >= 11 is 12.1. The Hall–Kier alpha value is -1.46. The van der Waals surface area contributed by atoms with Crippen LogP contribution in [0.25, 0.3) is 0 Å². The van der Waals surface area contributed by atoms with E-state index in [1.807, 2.05) is 4.90 Å². The van der Waals surface area contributed by atoms with Crippen molar-refractivity contribution < 1.29 is 14.3 Å². The molecule has 0 bridgehead atoms. The number of rotatable bonds is 5. The van der Waals surface area contributed by atoms with Crippen LogP contribution in [0.1, 0.15) is 51.9 Å². The molecule has 1 atom stereocenters. The molecule has 0 aromatic heterocycles. The Bertz CT molecular complexity index is 699. The van der Waals surface area contributed by atoms with Gasteiger partial charge in [0, 0.05) is 25.0 Å². The molecule has 28 heavy (non-hydrogen) atoms. The number of nitrogens with one attached hydrogen (secondary N) is 1. The zero-order valence-electron chi connectivity index (χ0n) is 16.3. The first-order chi connectivity index (χ1) is 13.5. The lowest BCUT2D eigenvalue weighted by Crippen LogP contribution is -2.50. The normalized spacial score (nSPS) is 19.9. The average Bonchev–Trinajstić information content (AvgIpc) is 2.72. The van der Waals surface area contributed by atoms with Gasteiger partial charge in [0.05, 0.1) is 5.02 Å². The van der Waals surface area contributed by atoms with Crippen LogP contribution in [0, 0.1) is 5.92 Å². The summed E-state index contributed by atoms with van der Waals surface area (Å²) in [6, 6.07) is 5.15. The standard InChI is InChI=1S/C21H28Cl2N2O3/c1-14(28-18-9-5-8-17(22)19(18)23)20(26)24-16-10-12-25(13-11-16)21(27)15-6-3-2-4-7-15/h5,8-9,14-16H,2-4,6-7,10-13H2,1H3,(H,24,26). The largest absolute Gasteiger partial charge is 0.479 e. The molecule has 1 unspecified atom stereocenters. The Balaban J connectivity index is 1.45. The van der Waals surface area contributed by atoms with Crippen LogP contribution in [0.2, 0.25) is 10.0 Å². The summed E-state index contributed by atoms with van der Waals surface area (Å²) in [6.07, 6.45) is 6.49. The van der Waals surface area contributed by atoms with Crippen LogP contribution >= 0.6 is 23.2 Å². The number of carbonyl (C=O) groups excluding carboxylic acids is 2. The molecule has 0 radical (unpaired) electrons. The van der Waals surface area contributed by atoms with Crippen molar-refractivity contribution in [2.45, 2.75) is 64.0 Å². The first-order valence-electron chi connectivity index (χ1n) is 10.2. The van der Waals surface area contributed by atoms with E-state index in [0.29, 0.717) is 34.8 Å².